The summed E-state index contributed by atoms with van der Waals surface area (Å²) < 4.78 is 12.9. The summed E-state index contributed by atoms with van der Waals surface area (Å²) in [6.45, 7) is 0. The van der Waals surface area contributed by atoms with Crippen molar-refractivity contribution in [1.29, 1.82) is 0 Å². The summed E-state index contributed by atoms with van der Waals surface area (Å²) in [6.07, 6.45) is 3.47. The van der Waals surface area contributed by atoms with E-state index in [-0.39, 0.29) is 5.82 Å². The molecule has 0 aliphatic carbocycles. The normalized spacial score (nSPS) is 10.6. The van der Waals surface area contributed by atoms with Crippen LogP contribution in [0.2, 0.25) is 0 Å². The predicted octanol–water partition coefficient (Wildman–Crippen LogP) is 3.70. The van der Waals surface area contributed by atoms with Gasteiger partial charge in [-0.25, -0.2) is 4.39 Å². The predicted molar refractivity (Wildman–Crippen MR) is 75.8 cm³/mol. The first-order valence-corrected chi connectivity index (χ1v) is 5.89. The zero-order valence-corrected chi connectivity index (χ0v) is 10.1. The molecule has 19 heavy (non-hydrogen) atoms. The number of anilines is 3. The molecule has 3 aromatic rings. The maximum Gasteiger partial charge on any atom is 0.123 e. The molecular weight excluding hydrogens is 241 g/mol. The van der Waals surface area contributed by atoms with Gasteiger partial charge in [-0.3, -0.25) is 4.98 Å². The van der Waals surface area contributed by atoms with E-state index in [0.717, 1.165) is 22.1 Å². The van der Waals surface area contributed by atoms with Crippen LogP contribution in [0.1, 0.15) is 0 Å². The smallest absolute Gasteiger partial charge is 0.123 e. The number of hydrogen-bond acceptors (Lipinski definition) is 3. The lowest BCUT2D eigenvalue weighted by Crippen LogP contribution is -1.94. The van der Waals surface area contributed by atoms with Gasteiger partial charge in [0.05, 0.1) is 0 Å². The number of halogens is 1. The number of benzene rings is 2. The van der Waals surface area contributed by atoms with E-state index in [2.05, 4.69) is 10.3 Å². The number of hydrogen-bond donors (Lipinski definition) is 2. The fraction of sp³-hybridized carbons (Fsp3) is 0. The van der Waals surface area contributed by atoms with Gasteiger partial charge in [-0.1, -0.05) is 0 Å². The van der Waals surface area contributed by atoms with Crippen LogP contribution in [0.25, 0.3) is 10.8 Å². The summed E-state index contributed by atoms with van der Waals surface area (Å²) in [5.41, 5.74) is 8.35. The van der Waals surface area contributed by atoms with Crippen LogP contribution in [0.3, 0.4) is 0 Å². The molecule has 0 saturated carbocycles. The van der Waals surface area contributed by atoms with Gasteiger partial charge in [0.15, 0.2) is 0 Å². The molecule has 4 heteroatoms. The van der Waals surface area contributed by atoms with Crippen LogP contribution in [0.15, 0.2) is 54.9 Å². The summed E-state index contributed by atoms with van der Waals surface area (Å²) in [4.78, 5) is 4.11. The van der Waals surface area contributed by atoms with Crippen LogP contribution in [-0.2, 0) is 0 Å². The Hall–Kier alpha value is -2.62. The zero-order chi connectivity index (χ0) is 13.2. The number of pyridine rings is 1. The number of nitrogen functional groups attached to an aromatic ring is 1. The Morgan fingerprint density at radius 2 is 1.74 bits per heavy atom. The molecule has 1 heterocycles. The van der Waals surface area contributed by atoms with E-state index in [9.17, 15) is 4.39 Å². The first-order chi connectivity index (χ1) is 9.24. The van der Waals surface area contributed by atoms with Crippen molar-refractivity contribution in [3.8, 4) is 0 Å². The van der Waals surface area contributed by atoms with Crippen LogP contribution in [-0.4, -0.2) is 4.98 Å². The van der Waals surface area contributed by atoms with Gasteiger partial charge in [0.2, 0.25) is 0 Å². The van der Waals surface area contributed by atoms with E-state index in [1.54, 1.807) is 24.5 Å². The van der Waals surface area contributed by atoms with Crippen molar-refractivity contribution in [3.63, 3.8) is 0 Å². The Labute approximate surface area is 109 Å². The van der Waals surface area contributed by atoms with Crippen LogP contribution >= 0.6 is 0 Å². The Bertz CT molecular complexity index is 723. The van der Waals surface area contributed by atoms with E-state index >= 15 is 0 Å². The molecule has 0 radical (unpaired) electrons. The van der Waals surface area contributed by atoms with E-state index in [0.29, 0.717) is 5.69 Å². The van der Waals surface area contributed by atoms with E-state index in [1.165, 1.54) is 12.1 Å². The standard InChI is InChI=1S/C15H12FN3/c16-10-1-3-11(4-2-10)19-15-6-5-14(17)12-7-8-18-9-13(12)15/h1-9,19H,17H2. The van der Waals surface area contributed by atoms with Crippen LogP contribution in [0, 0.1) is 5.82 Å². The molecule has 0 aliphatic heterocycles. The first kappa shape index (κ1) is 11.5. The van der Waals surface area contributed by atoms with Gasteiger partial charge in [0, 0.05) is 40.2 Å². The third-order valence-electron chi connectivity index (χ3n) is 2.98. The lowest BCUT2D eigenvalue weighted by atomic mass is 10.1. The lowest BCUT2D eigenvalue weighted by molar-refractivity contribution is 0.628. The summed E-state index contributed by atoms with van der Waals surface area (Å²) >= 11 is 0. The second-order valence-electron chi connectivity index (χ2n) is 4.26. The molecule has 0 saturated heterocycles. The lowest BCUT2D eigenvalue weighted by Gasteiger charge is -2.11. The Morgan fingerprint density at radius 1 is 0.947 bits per heavy atom. The molecule has 0 unspecified atom stereocenters. The molecule has 0 atom stereocenters. The van der Waals surface area contributed by atoms with E-state index in [4.69, 9.17) is 5.73 Å². The third kappa shape index (κ3) is 2.20. The minimum atomic E-state index is -0.255. The highest BCUT2D eigenvalue weighted by Gasteiger charge is 2.04. The summed E-state index contributed by atoms with van der Waals surface area (Å²) in [7, 11) is 0. The average molecular weight is 253 g/mol. The van der Waals surface area contributed by atoms with Crippen LogP contribution in [0.4, 0.5) is 21.5 Å². The van der Waals surface area contributed by atoms with Crippen molar-refractivity contribution in [3.05, 3.63) is 60.7 Å². The molecule has 0 aliphatic rings. The number of aromatic nitrogens is 1. The number of fused-ring (bicyclic) bond motifs is 1. The van der Waals surface area contributed by atoms with Gasteiger partial charge >= 0.3 is 0 Å². The van der Waals surface area contributed by atoms with Crippen molar-refractivity contribution < 1.29 is 4.39 Å². The molecule has 2 aromatic carbocycles. The number of nitrogens with one attached hydrogen (secondary N) is 1. The SMILES string of the molecule is Nc1ccc(Nc2ccc(F)cc2)c2cnccc12. The Morgan fingerprint density at radius 3 is 2.53 bits per heavy atom. The van der Waals surface area contributed by atoms with Crippen LogP contribution < -0.4 is 11.1 Å². The van der Waals surface area contributed by atoms with Gasteiger partial charge < -0.3 is 11.1 Å². The second kappa shape index (κ2) is 4.57. The average Bonchev–Trinajstić information content (AvgIpc) is 2.45. The molecule has 94 valence electrons. The highest BCUT2D eigenvalue weighted by Crippen LogP contribution is 2.29. The monoisotopic (exact) mass is 253 g/mol. The van der Waals surface area contributed by atoms with Crippen molar-refractivity contribution in [2.24, 2.45) is 0 Å². The topological polar surface area (TPSA) is 50.9 Å². The Balaban J connectivity index is 2.06. The van der Waals surface area contributed by atoms with Crippen molar-refractivity contribution in [1.82, 2.24) is 4.98 Å². The Kier molecular flexibility index (Phi) is 2.76. The van der Waals surface area contributed by atoms with Gasteiger partial charge in [-0.05, 0) is 42.5 Å². The minimum absolute atomic E-state index is 0.255. The number of rotatable bonds is 2. The highest BCUT2D eigenvalue weighted by atomic mass is 19.1. The quantitative estimate of drug-likeness (QED) is 0.685. The third-order valence-corrected chi connectivity index (χ3v) is 2.98. The van der Waals surface area contributed by atoms with E-state index < -0.39 is 0 Å². The fourth-order valence-electron chi connectivity index (χ4n) is 2.01. The van der Waals surface area contributed by atoms with Gasteiger partial charge in [-0.2, -0.15) is 0 Å². The summed E-state index contributed by atoms with van der Waals surface area (Å²) in [5, 5.41) is 5.12. The summed E-state index contributed by atoms with van der Waals surface area (Å²) in [6, 6.07) is 11.8. The van der Waals surface area contributed by atoms with Crippen molar-refractivity contribution >= 4 is 27.8 Å². The molecule has 0 spiro atoms. The van der Waals surface area contributed by atoms with Gasteiger partial charge in [0.25, 0.3) is 0 Å². The molecule has 3 nitrogen and oxygen atoms in total. The van der Waals surface area contributed by atoms with Gasteiger partial charge in [-0.15, -0.1) is 0 Å². The fourth-order valence-corrected chi connectivity index (χ4v) is 2.01. The van der Waals surface area contributed by atoms with Gasteiger partial charge in [0.1, 0.15) is 5.82 Å². The summed E-state index contributed by atoms with van der Waals surface area (Å²) in [5.74, 6) is -0.255. The second-order valence-corrected chi connectivity index (χ2v) is 4.26. The van der Waals surface area contributed by atoms with Crippen LogP contribution in [0.5, 0.6) is 0 Å². The maximum absolute atomic E-state index is 12.9. The molecule has 0 bridgehead atoms. The largest absolute Gasteiger partial charge is 0.398 e. The van der Waals surface area contributed by atoms with E-state index in [1.807, 2.05) is 18.2 Å². The number of nitrogens with zero attached hydrogens (tertiary/aromatic N) is 1. The molecule has 1 aromatic heterocycles. The molecule has 0 fully saturated rings. The zero-order valence-electron chi connectivity index (χ0n) is 10.1. The molecule has 3 rings (SSSR count). The molecular formula is C15H12FN3. The first-order valence-electron chi connectivity index (χ1n) is 5.89. The molecule has 3 N–H and O–H groups in total. The maximum atomic E-state index is 12.9. The number of nitrogens with two attached hydrogens (primary N) is 1. The van der Waals surface area contributed by atoms with Crippen molar-refractivity contribution in [2.45, 2.75) is 0 Å². The minimum Gasteiger partial charge on any atom is -0.398 e. The van der Waals surface area contributed by atoms with Crippen molar-refractivity contribution in [2.75, 3.05) is 11.1 Å². The molecule has 0 amide bonds. The highest BCUT2D eigenvalue weighted by molar-refractivity contribution is 6.01.